The van der Waals surface area contributed by atoms with E-state index in [0.717, 1.165) is 24.2 Å². The molecule has 2 aromatic carbocycles. The Balaban J connectivity index is 1.84. The first-order valence-electron chi connectivity index (χ1n) is 6.55. The molecule has 1 heterocycles. The number of nitrogens with one attached hydrogen (secondary N) is 2. The number of carbonyl (C=O) groups is 1. The monoisotopic (exact) mass is 302 g/mol. The van der Waals surface area contributed by atoms with Crippen LogP contribution in [0.15, 0.2) is 53.4 Å². The molecular formula is C15H14N2O3S. The fourth-order valence-corrected chi connectivity index (χ4v) is 3.27. The van der Waals surface area contributed by atoms with E-state index in [0.29, 0.717) is 5.56 Å². The van der Waals surface area contributed by atoms with Gasteiger partial charge in [-0.2, -0.15) is 0 Å². The molecule has 21 heavy (non-hydrogen) atoms. The van der Waals surface area contributed by atoms with Gasteiger partial charge in [0.05, 0.1) is 4.90 Å². The van der Waals surface area contributed by atoms with Crippen molar-refractivity contribution in [1.82, 2.24) is 4.72 Å². The maximum atomic E-state index is 12.1. The molecule has 0 saturated carbocycles. The molecule has 0 saturated heterocycles. The summed E-state index contributed by atoms with van der Waals surface area (Å²) in [4.78, 5) is 12.2. The number of anilines is 1. The summed E-state index contributed by atoms with van der Waals surface area (Å²) in [5.41, 5.74) is 2.35. The van der Waals surface area contributed by atoms with Crippen molar-refractivity contribution in [3.05, 3.63) is 59.7 Å². The van der Waals surface area contributed by atoms with Crippen molar-refractivity contribution in [3.63, 3.8) is 0 Å². The topological polar surface area (TPSA) is 75.3 Å². The summed E-state index contributed by atoms with van der Waals surface area (Å²) in [6.45, 7) is 0.836. The molecule has 0 spiro atoms. The van der Waals surface area contributed by atoms with Gasteiger partial charge in [-0.05, 0) is 36.2 Å². The van der Waals surface area contributed by atoms with E-state index in [4.69, 9.17) is 0 Å². The molecular weight excluding hydrogens is 288 g/mol. The molecule has 2 N–H and O–H groups in total. The van der Waals surface area contributed by atoms with Gasteiger partial charge in [-0.3, -0.25) is 4.79 Å². The molecule has 1 amide bonds. The molecule has 2 aromatic rings. The van der Waals surface area contributed by atoms with Gasteiger partial charge in [0.2, 0.25) is 0 Å². The quantitative estimate of drug-likeness (QED) is 0.906. The second-order valence-corrected chi connectivity index (χ2v) is 6.48. The number of amides is 1. The molecule has 0 fully saturated rings. The summed E-state index contributed by atoms with van der Waals surface area (Å²) in [5.74, 6) is -0.629. The fraction of sp³-hybridized carbons (Fsp3) is 0.133. The number of rotatable bonds is 3. The average molecular weight is 302 g/mol. The van der Waals surface area contributed by atoms with E-state index in [-0.39, 0.29) is 4.90 Å². The van der Waals surface area contributed by atoms with Crippen LogP contribution in [0.5, 0.6) is 0 Å². The Kier molecular flexibility index (Phi) is 3.39. The third-order valence-corrected chi connectivity index (χ3v) is 4.71. The van der Waals surface area contributed by atoms with Gasteiger partial charge in [-0.1, -0.05) is 24.3 Å². The molecule has 3 rings (SSSR count). The number of fused-ring (bicyclic) bond motifs is 1. The van der Waals surface area contributed by atoms with Gasteiger partial charge in [0.25, 0.3) is 15.9 Å². The number of benzene rings is 2. The van der Waals surface area contributed by atoms with Crippen molar-refractivity contribution in [1.29, 1.82) is 0 Å². The molecule has 5 nitrogen and oxygen atoms in total. The molecule has 0 aromatic heterocycles. The third-order valence-electron chi connectivity index (χ3n) is 3.36. The van der Waals surface area contributed by atoms with Crippen LogP contribution in [0.4, 0.5) is 5.69 Å². The minimum atomic E-state index is -3.84. The zero-order valence-corrected chi connectivity index (χ0v) is 12.0. The Hall–Kier alpha value is -2.34. The molecule has 1 aliphatic rings. The normalized spacial score (nSPS) is 13.3. The van der Waals surface area contributed by atoms with E-state index in [1.165, 1.54) is 12.1 Å². The average Bonchev–Trinajstić information content (AvgIpc) is 2.95. The third kappa shape index (κ3) is 2.75. The van der Waals surface area contributed by atoms with E-state index in [1.54, 1.807) is 30.3 Å². The Labute approximate surface area is 123 Å². The predicted molar refractivity (Wildman–Crippen MR) is 79.7 cm³/mol. The zero-order valence-electron chi connectivity index (χ0n) is 11.2. The summed E-state index contributed by atoms with van der Waals surface area (Å²) in [6.07, 6.45) is 0.916. The molecule has 0 radical (unpaired) electrons. The van der Waals surface area contributed by atoms with Crippen LogP contribution in [0.2, 0.25) is 0 Å². The highest BCUT2D eigenvalue weighted by Crippen LogP contribution is 2.23. The van der Waals surface area contributed by atoms with Crippen LogP contribution in [-0.4, -0.2) is 20.9 Å². The van der Waals surface area contributed by atoms with Gasteiger partial charge < -0.3 is 5.32 Å². The molecule has 0 aliphatic carbocycles. The number of sulfonamides is 1. The van der Waals surface area contributed by atoms with E-state index in [2.05, 4.69) is 10.0 Å². The Morgan fingerprint density at radius 3 is 2.62 bits per heavy atom. The van der Waals surface area contributed by atoms with Gasteiger partial charge in [0.1, 0.15) is 0 Å². The van der Waals surface area contributed by atoms with Crippen LogP contribution in [0, 0.1) is 0 Å². The van der Waals surface area contributed by atoms with Crippen molar-refractivity contribution >= 4 is 21.6 Å². The van der Waals surface area contributed by atoms with Crippen molar-refractivity contribution < 1.29 is 13.2 Å². The largest absolute Gasteiger partial charge is 0.384 e. The summed E-state index contributed by atoms with van der Waals surface area (Å²) < 4.78 is 26.3. The smallest absolute Gasteiger partial charge is 0.265 e. The highest BCUT2D eigenvalue weighted by Gasteiger charge is 2.19. The van der Waals surface area contributed by atoms with Crippen molar-refractivity contribution in [3.8, 4) is 0 Å². The first-order valence-corrected chi connectivity index (χ1v) is 8.03. The van der Waals surface area contributed by atoms with Crippen LogP contribution in [0.3, 0.4) is 0 Å². The minimum absolute atomic E-state index is 0.0673. The van der Waals surface area contributed by atoms with Gasteiger partial charge in [0, 0.05) is 17.8 Å². The maximum Gasteiger partial charge on any atom is 0.265 e. The summed E-state index contributed by atoms with van der Waals surface area (Å²) in [7, 11) is -3.84. The highest BCUT2D eigenvalue weighted by molar-refractivity contribution is 7.90. The van der Waals surface area contributed by atoms with Crippen LogP contribution >= 0.6 is 0 Å². The van der Waals surface area contributed by atoms with Crippen LogP contribution in [0.1, 0.15) is 15.9 Å². The molecule has 0 bridgehead atoms. The summed E-state index contributed by atoms with van der Waals surface area (Å²) >= 11 is 0. The molecule has 1 aliphatic heterocycles. The second kappa shape index (κ2) is 5.21. The Bertz CT molecular complexity index is 786. The van der Waals surface area contributed by atoms with E-state index < -0.39 is 15.9 Å². The molecule has 108 valence electrons. The van der Waals surface area contributed by atoms with Crippen molar-refractivity contribution in [2.75, 3.05) is 11.9 Å². The predicted octanol–water partition coefficient (Wildman–Crippen LogP) is 1.77. The fourth-order valence-electron chi connectivity index (χ4n) is 2.27. The van der Waals surface area contributed by atoms with E-state index in [9.17, 15) is 13.2 Å². The zero-order chi connectivity index (χ0) is 14.9. The lowest BCUT2D eigenvalue weighted by Gasteiger charge is -2.08. The lowest BCUT2D eigenvalue weighted by atomic mass is 10.1. The lowest BCUT2D eigenvalue weighted by Crippen LogP contribution is -2.30. The highest BCUT2D eigenvalue weighted by atomic mass is 32.2. The van der Waals surface area contributed by atoms with Gasteiger partial charge in [-0.15, -0.1) is 0 Å². The lowest BCUT2D eigenvalue weighted by molar-refractivity contribution is 0.0981. The Morgan fingerprint density at radius 1 is 1.10 bits per heavy atom. The standard InChI is InChI=1S/C15H14N2O3S/c18-15(12-7-6-11-8-9-16-14(11)10-12)17-21(19,20)13-4-2-1-3-5-13/h1-7,10,16H,8-9H2,(H,17,18). The minimum Gasteiger partial charge on any atom is -0.384 e. The summed E-state index contributed by atoms with van der Waals surface area (Å²) in [5, 5.41) is 3.16. The van der Waals surface area contributed by atoms with E-state index in [1.807, 2.05) is 6.07 Å². The van der Waals surface area contributed by atoms with Gasteiger partial charge in [-0.25, -0.2) is 13.1 Å². The number of hydrogen-bond acceptors (Lipinski definition) is 4. The van der Waals surface area contributed by atoms with Crippen LogP contribution in [-0.2, 0) is 16.4 Å². The van der Waals surface area contributed by atoms with Crippen molar-refractivity contribution in [2.45, 2.75) is 11.3 Å². The number of hydrogen-bond donors (Lipinski definition) is 2. The summed E-state index contributed by atoms with van der Waals surface area (Å²) in [6, 6.07) is 13.0. The SMILES string of the molecule is O=C(NS(=O)(=O)c1ccccc1)c1ccc2c(c1)NCC2. The molecule has 0 atom stereocenters. The maximum absolute atomic E-state index is 12.1. The van der Waals surface area contributed by atoms with Crippen molar-refractivity contribution in [2.24, 2.45) is 0 Å². The second-order valence-electron chi connectivity index (χ2n) is 4.80. The van der Waals surface area contributed by atoms with Crippen LogP contribution in [0.25, 0.3) is 0 Å². The first kappa shape index (κ1) is 13.6. The first-order chi connectivity index (χ1) is 10.1. The molecule has 6 heteroatoms. The van der Waals surface area contributed by atoms with Crippen LogP contribution < -0.4 is 10.0 Å². The van der Waals surface area contributed by atoms with Gasteiger partial charge >= 0.3 is 0 Å². The van der Waals surface area contributed by atoms with Gasteiger partial charge in [0.15, 0.2) is 0 Å². The molecule has 0 unspecified atom stereocenters. The van der Waals surface area contributed by atoms with E-state index >= 15 is 0 Å². The number of carbonyl (C=O) groups excluding carboxylic acids is 1. The Morgan fingerprint density at radius 2 is 1.86 bits per heavy atom.